The van der Waals surface area contributed by atoms with Crippen LogP contribution in [0.15, 0.2) is 24.3 Å². The summed E-state index contributed by atoms with van der Waals surface area (Å²) in [7, 11) is 0. The van der Waals surface area contributed by atoms with Crippen molar-refractivity contribution in [1.29, 1.82) is 0 Å². The van der Waals surface area contributed by atoms with E-state index in [0.29, 0.717) is 12.0 Å². The van der Waals surface area contributed by atoms with Crippen molar-refractivity contribution in [1.82, 2.24) is 4.90 Å². The topological polar surface area (TPSA) is 29.3 Å². The first-order valence-electron chi connectivity index (χ1n) is 7.83. The summed E-state index contributed by atoms with van der Waals surface area (Å²) in [5.74, 6) is 0.618. The molecule has 1 heterocycles. The van der Waals surface area contributed by atoms with Gasteiger partial charge in [-0.1, -0.05) is 38.1 Å². The molecule has 0 spiro atoms. The van der Waals surface area contributed by atoms with Crippen LogP contribution in [0.3, 0.4) is 0 Å². The Balaban J connectivity index is 2.22. The van der Waals surface area contributed by atoms with Gasteiger partial charge in [0.2, 0.25) is 0 Å². The number of nitrogens with two attached hydrogens (primary N) is 1. The maximum absolute atomic E-state index is 6.02. The lowest BCUT2D eigenvalue weighted by atomic mass is 9.84. The van der Waals surface area contributed by atoms with Gasteiger partial charge in [-0.15, -0.1) is 0 Å². The molecule has 2 atom stereocenters. The van der Waals surface area contributed by atoms with Gasteiger partial charge in [0.05, 0.1) is 0 Å². The quantitative estimate of drug-likeness (QED) is 0.879. The Hall–Kier alpha value is -0.860. The molecule has 1 saturated heterocycles. The van der Waals surface area contributed by atoms with Crippen molar-refractivity contribution >= 4 is 0 Å². The highest BCUT2D eigenvalue weighted by Crippen LogP contribution is 2.35. The zero-order chi connectivity index (χ0) is 13.7. The molecule has 1 aliphatic rings. The molecule has 0 aliphatic carbocycles. The summed E-state index contributed by atoms with van der Waals surface area (Å²) in [6, 6.07) is 9.73. The summed E-state index contributed by atoms with van der Waals surface area (Å²) < 4.78 is 0. The van der Waals surface area contributed by atoms with Gasteiger partial charge in [-0.25, -0.2) is 0 Å². The van der Waals surface area contributed by atoms with Crippen LogP contribution < -0.4 is 5.73 Å². The molecule has 1 fully saturated rings. The number of nitrogens with zero attached hydrogens (tertiary/aromatic N) is 1. The van der Waals surface area contributed by atoms with Crippen molar-refractivity contribution < 1.29 is 0 Å². The smallest absolute Gasteiger partial charge is 0.0388 e. The van der Waals surface area contributed by atoms with Crippen LogP contribution in [0.5, 0.6) is 0 Å². The molecule has 0 saturated carbocycles. The highest BCUT2D eigenvalue weighted by atomic mass is 15.2. The van der Waals surface area contributed by atoms with E-state index in [2.05, 4.69) is 43.0 Å². The van der Waals surface area contributed by atoms with Gasteiger partial charge in [-0.2, -0.15) is 0 Å². The second-order valence-corrected chi connectivity index (χ2v) is 5.71. The van der Waals surface area contributed by atoms with Gasteiger partial charge in [0, 0.05) is 6.04 Å². The molecule has 0 radical (unpaired) electrons. The van der Waals surface area contributed by atoms with Crippen molar-refractivity contribution in [2.75, 3.05) is 19.6 Å². The van der Waals surface area contributed by atoms with Crippen LogP contribution in [0.2, 0.25) is 0 Å². The molecule has 19 heavy (non-hydrogen) atoms. The monoisotopic (exact) mass is 260 g/mol. The van der Waals surface area contributed by atoms with E-state index in [1.165, 1.54) is 43.5 Å². The van der Waals surface area contributed by atoms with Crippen molar-refractivity contribution in [2.45, 2.75) is 45.6 Å². The zero-order valence-corrected chi connectivity index (χ0v) is 12.4. The van der Waals surface area contributed by atoms with E-state index in [-0.39, 0.29) is 0 Å². The predicted octanol–water partition coefficient (Wildman–Crippen LogP) is 3.37. The highest BCUT2D eigenvalue weighted by Gasteiger charge is 2.30. The molecule has 2 nitrogen and oxygen atoms in total. The first-order chi connectivity index (χ1) is 9.30. The molecular formula is C17H28N2. The number of likely N-dealkylation sites (tertiary alicyclic amines) is 1. The first-order valence-corrected chi connectivity index (χ1v) is 7.83. The summed E-state index contributed by atoms with van der Waals surface area (Å²) >= 11 is 0. The maximum atomic E-state index is 6.02. The Kier molecular flexibility index (Phi) is 5.41. The van der Waals surface area contributed by atoms with Gasteiger partial charge >= 0.3 is 0 Å². The largest absolute Gasteiger partial charge is 0.330 e. The van der Waals surface area contributed by atoms with Crippen molar-refractivity contribution in [3.63, 3.8) is 0 Å². The van der Waals surface area contributed by atoms with Crippen LogP contribution in [0.25, 0.3) is 0 Å². The molecule has 1 aliphatic heterocycles. The van der Waals surface area contributed by atoms with E-state index in [0.717, 1.165) is 13.0 Å². The first kappa shape index (κ1) is 14.5. The Morgan fingerprint density at radius 2 is 1.95 bits per heavy atom. The molecule has 2 heteroatoms. The molecule has 1 aromatic carbocycles. The molecule has 2 N–H and O–H groups in total. The number of rotatable bonds is 5. The summed E-state index contributed by atoms with van der Waals surface area (Å²) in [5, 5.41) is 0. The van der Waals surface area contributed by atoms with Crippen LogP contribution in [0.4, 0.5) is 0 Å². The van der Waals surface area contributed by atoms with Gasteiger partial charge in [-0.05, 0) is 62.4 Å². The van der Waals surface area contributed by atoms with Crippen LogP contribution in [0, 0.1) is 5.92 Å². The van der Waals surface area contributed by atoms with Crippen molar-refractivity contribution in [3.8, 4) is 0 Å². The standard InChI is InChI=1S/C17H28N2/c1-3-11-19-12-5-6-16(13-18)17(19)15-9-7-14(4-2)8-10-15/h7-10,16-17H,3-6,11-13,18H2,1-2H3. The SMILES string of the molecule is CCCN1CCCC(CN)C1c1ccc(CC)cc1. The van der Waals surface area contributed by atoms with E-state index in [1.54, 1.807) is 0 Å². The van der Waals surface area contributed by atoms with Crippen LogP contribution in [-0.4, -0.2) is 24.5 Å². The van der Waals surface area contributed by atoms with Gasteiger partial charge in [0.25, 0.3) is 0 Å². The number of piperidine rings is 1. The minimum Gasteiger partial charge on any atom is -0.330 e. The summed E-state index contributed by atoms with van der Waals surface area (Å²) in [5.41, 5.74) is 8.90. The van der Waals surface area contributed by atoms with Crippen molar-refractivity contribution in [3.05, 3.63) is 35.4 Å². The number of aryl methyl sites for hydroxylation is 1. The van der Waals surface area contributed by atoms with Crippen LogP contribution >= 0.6 is 0 Å². The fourth-order valence-electron chi connectivity index (χ4n) is 3.37. The highest BCUT2D eigenvalue weighted by molar-refractivity contribution is 5.26. The molecule has 0 amide bonds. The fourth-order valence-corrected chi connectivity index (χ4v) is 3.37. The molecule has 2 unspecified atom stereocenters. The van der Waals surface area contributed by atoms with E-state index >= 15 is 0 Å². The Bertz CT molecular complexity index is 369. The molecule has 0 aromatic heterocycles. The normalized spacial score (nSPS) is 24.6. The lowest BCUT2D eigenvalue weighted by Gasteiger charge is -2.41. The fraction of sp³-hybridized carbons (Fsp3) is 0.647. The number of hydrogen-bond donors (Lipinski definition) is 1. The van der Waals surface area contributed by atoms with Crippen LogP contribution in [0.1, 0.15) is 50.3 Å². The van der Waals surface area contributed by atoms with E-state index in [9.17, 15) is 0 Å². The van der Waals surface area contributed by atoms with Gasteiger partial charge in [-0.3, -0.25) is 4.90 Å². The third kappa shape index (κ3) is 3.37. The Labute approximate surface area is 118 Å². The third-order valence-corrected chi connectivity index (χ3v) is 4.40. The third-order valence-electron chi connectivity index (χ3n) is 4.40. The second-order valence-electron chi connectivity index (χ2n) is 5.71. The second kappa shape index (κ2) is 7.06. The zero-order valence-electron chi connectivity index (χ0n) is 12.4. The van der Waals surface area contributed by atoms with Gasteiger partial charge in [0.1, 0.15) is 0 Å². The maximum Gasteiger partial charge on any atom is 0.0388 e. The average molecular weight is 260 g/mol. The van der Waals surface area contributed by atoms with E-state index in [4.69, 9.17) is 5.73 Å². The molecule has 106 valence electrons. The summed E-state index contributed by atoms with van der Waals surface area (Å²) in [6.07, 6.45) is 4.91. The van der Waals surface area contributed by atoms with Crippen LogP contribution in [-0.2, 0) is 6.42 Å². The number of hydrogen-bond acceptors (Lipinski definition) is 2. The lowest BCUT2D eigenvalue weighted by Crippen LogP contribution is -2.41. The number of benzene rings is 1. The minimum atomic E-state index is 0.532. The Morgan fingerprint density at radius 3 is 2.53 bits per heavy atom. The molecular weight excluding hydrogens is 232 g/mol. The van der Waals surface area contributed by atoms with E-state index in [1.807, 2.05) is 0 Å². The molecule has 0 bridgehead atoms. The van der Waals surface area contributed by atoms with E-state index < -0.39 is 0 Å². The average Bonchev–Trinajstić information content (AvgIpc) is 2.47. The Morgan fingerprint density at radius 1 is 1.21 bits per heavy atom. The lowest BCUT2D eigenvalue weighted by molar-refractivity contribution is 0.0960. The molecule has 2 rings (SSSR count). The van der Waals surface area contributed by atoms with Crippen molar-refractivity contribution in [2.24, 2.45) is 11.7 Å². The molecule has 1 aromatic rings. The summed E-state index contributed by atoms with van der Waals surface area (Å²) in [4.78, 5) is 2.64. The van der Waals surface area contributed by atoms with Gasteiger partial charge in [0.15, 0.2) is 0 Å². The predicted molar refractivity (Wildman–Crippen MR) is 82.2 cm³/mol. The minimum absolute atomic E-state index is 0.532. The van der Waals surface area contributed by atoms with Gasteiger partial charge < -0.3 is 5.73 Å². The summed E-state index contributed by atoms with van der Waals surface area (Å²) in [6.45, 7) is 7.70.